The number of hydrogen-bond acceptors (Lipinski definition) is 4. The maximum absolute atomic E-state index is 12.8. The van der Waals surface area contributed by atoms with Crippen LogP contribution in [0.5, 0.6) is 5.75 Å². The second-order valence-electron chi connectivity index (χ2n) is 4.71. The molecule has 0 aliphatic heterocycles. The second-order valence-corrected chi connectivity index (χ2v) is 4.71. The predicted octanol–water partition coefficient (Wildman–Crippen LogP) is 3.10. The van der Waals surface area contributed by atoms with Gasteiger partial charge in [0.05, 0.1) is 6.42 Å². The summed E-state index contributed by atoms with van der Waals surface area (Å²) in [6.45, 7) is 0. The van der Waals surface area contributed by atoms with Crippen LogP contribution in [-0.4, -0.2) is 15.2 Å². The maximum atomic E-state index is 12.8. The van der Waals surface area contributed by atoms with E-state index < -0.39 is 0 Å². The molecule has 21 heavy (non-hydrogen) atoms. The van der Waals surface area contributed by atoms with Gasteiger partial charge in [-0.3, -0.25) is 0 Å². The topological polar surface area (TPSA) is 59.2 Å². The monoisotopic (exact) mass is 284 g/mol. The van der Waals surface area contributed by atoms with E-state index in [1.54, 1.807) is 30.3 Å². The molecule has 106 valence electrons. The standard InChI is InChI=1S/C16H13FN2O2/c17-13-7-5-11(6-8-13)9-15-18-16(21-19-15)10-12-3-1-2-4-14(12)20/h1-8,20H,9-10H2. The highest BCUT2D eigenvalue weighted by atomic mass is 19.1. The van der Waals surface area contributed by atoms with E-state index in [0.29, 0.717) is 24.6 Å². The van der Waals surface area contributed by atoms with Crippen LogP contribution in [0.4, 0.5) is 4.39 Å². The minimum atomic E-state index is -0.271. The van der Waals surface area contributed by atoms with Gasteiger partial charge in [-0.05, 0) is 23.8 Å². The first-order chi connectivity index (χ1) is 10.2. The molecule has 0 spiro atoms. The summed E-state index contributed by atoms with van der Waals surface area (Å²) in [7, 11) is 0. The Morgan fingerprint density at radius 2 is 1.76 bits per heavy atom. The van der Waals surface area contributed by atoms with E-state index in [9.17, 15) is 9.50 Å². The van der Waals surface area contributed by atoms with Crippen LogP contribution < -0.4 is 0 Å². The van der Waals surface area contributed by atoms with E-state index >= 15 is 0 Å². The summed E-state index contributed by atoms with van der Waals surface area (Å²) >= 11 is 0. The highest BCUT2D eigenvalue weighted by Crippen LogP contribution is 2.19. The van der Waals surface area contributed by atoms with Gasteiger partial charge >= 0.3 is 0 Å². The van der Waals surface area contributed by atoms with E-state index in [-0.39, 0.29) is 11.6 Å². The van der Waals surface area contributed by atoms with Crippen molar-refractivity contribution in [3.05, 3.63) is 77.2 Å². The van der Waals surface area contributed by atoms with Crippen molar-refractivity contribution in [1.29, 1.82) is 0 Å². The van der Waals surface area contributed by atoms with Crippen LogP contribution in [0.15, 0.2) is 53.1 Å². The summed E-state index contributed by atoms with van der Waals surface area (Å²) in [5.41, 5.74) is 1.64. The third kappa shape index (κ3) is 3.25. The zero-order chi connectivity index (χ0) is 14.7. The number of aromatic nitrogens is 2. The Kier molecular flexibility index (Phi) is 3.64. The van der Waals surface area contributed by atoms with Crippen molar-refractivity contribution in [2.24, 2.45) is 0 Å². The van der Waals surface area contributed by atoms with Crippen molar-refractivity contribution < 1.29 is 14.0 Å². The van der Waals surface area contributed by atoms with Crippen LogP contribution in [0.3, 0.4) is 0 Å². The predicted molar refractivity (Wildman–Crippen MR) is 74.4 cm³/mol. The Bertz CT molecular complexity index is 738. The molecule has 0 bridgehead atoms. The Hall–Kier alpha value is -2.69. The molecule has 1 N–H and O–H groups in total. The Morgan fingerprint density at radius 3 is 2.52 bits per heavy atom. The fraction of sp³-hybridized carbons (Fsp3) is 0.125. The van der Waals surface area contributed by atoms with Crippen molar-refractivity contribution >= 4 is 0 Å². The Balaban J connectivity index is 1.72. The summed E-state index contributed by atoms with van der Waals surface area (Å²) in [5.74, 6) is 0.906. The van der Waals surface area contributed by atoms with Crippen molar-refractivity contribution in [2.75, 3.05) is 0 Å². The van der Waals surface area contributed by atoms with Gasteiger partial charge in [0.1, 0.15) is 11.6 Å². The molecule has 0 amide bonds. The number of nitrogens with zero attached hydrogens (tertiary/aromatic N) is 2. The van der Waals surface area contributed by atoms with Gasteiger partial charge in [-0.15, -0.1) is 0 Å². The average Bonchev–Trinajstić information content (AvgIpc) is 2.91. The minimum Gasteiger partial charge on any atom is -0.508 e. The van der Waals surface area contributed by atoms with Crippen molar-refractivity contribution in [3.8, 4) is 5.75 Å². The number of para-hydroxylation sites is 1. The minimum absolute atomic E-state index is 0.204. The Labute approximate surface area is 120 Å². The normalized spacial score (nSPS) is 10.7. The smallest absolute Gasteiger partial charge is 0.231 e. The van der Waals surface area contributed by atoms with Crippen molar-refractivity contribution in [2.45, 2.75) is 12.8 Å². The molecule has 1 aromatic heterocycles. The van der Waals surface area contributed by atoms with Crippen LogP contribution in [0.2, 0.25) is 0 Å². The quantitative estimate of drug-likeness (QED) is 0.799. The highest BCUT2D eigenvalue weighted by molar-refractivity contribution is 5.33. The van der Waals surface area contributed by atoms with Crippen LogP contribution in [-0.2, 0) is 12.8 Å². The van der Waals surface area contributed by atoms with Crippen LogP contribution in [0, 0.1) is 5.82 Å². The lowest BCUT2D eigenvalue weighted by molar-refractivity contribution is 0.378. The van der Waals surface area contributed by atoms with Gasteiger partial charge in [-0.25, -0.2) is 4.39 Å². The third-order valence-electron chi connectivity index (χ3n) is 3.12. The van der Waals surface area contributed by atoms with E-state index in [2.05, 4.69) is 10.1 Å². The number of rotatable bonds is 4. The molecule has 0 fully saturated rings. The van der Waals surface area contributed by atoms with Crippen LogP contribution >= 0.6 is 0 Å². The fourth-order valence-electron chi connectivity index (χ4n) is 2.04. The molecule has 3 rings (SSSR count). The molecule has 2 aromatic carbocycles. The van der Waals surface area contributed by atoms with Gasteiger partial charge < -0.3 is 9.63 Å². The molecular formula is C16H13FN2O2. The summed E-state index contributed by atoms with van der Waals surface area (Å²) in [4.78, 5) is 4.28. The number of phenols is 1. The number of halogens is 1. The van der Waals surface area contributed by atoms with Crippen LogP contribution in [0.25, 0.3) is 0 Å². The summed E-state index contributed by atoms with van der Waals surface area (Å²) in [5, 5.41) is 13.6. The maximum Gasteiger partial charge on any atom is 0.231 e. The summed E-state index contributed by atoms with van der Waals surface area (Å²) < 4.78 is 18.0. The molecule has 0 radical (unpaired) electrons. The summed E-state index contributed by atoms with van der Waals surface area (Å²) in [6.07, 6.45) is 0.855. The van der Waals surface area contributed by atoms with Gasteiger partial charge in [0, 0.05) is 12.0 Å². The van der Waals surface area contributed by atoms with Crippen LogP contribution in [0.1, 0.15) is 22.8 Å². The van der Waals surface area contributed by atoms with Crippen molar-refractivity contribution in [1.82, 2.24) is 10.1 Å². The second kappa shape index (κ2) is 5.75. The molecule has 0 atom stereocenters. The lowest BCUT2D eigenvalue weighted by Crippen LogP contribution is -1.93. The van der Waals surface area contributed by atoms with Gasteiger partial charge in [0.25, 0.3) is 0 Å². The lowest BCUT2D eigenvalue weighted by atomic mass is 10.1. The molecule has 3 aromatic rings. The van der Waals surface area contributed by atoms with Crippen molar-refractivity contribution in [3.63, 3.8) is 0 Å². The van der Waals surface area contributed by atoms with E-state index in [1.165, 1.54) is 12.1 Å². The molecule has 0 saturated carbocycles. The van der Waals surface area contributed by atoms with Gasteiger partial charge in [-0.1, -0.05) is 35.5 Å². The van der Waals surface area contributed by atoms with E-state index in [4.69, 9.17) is 4.52 Å². The fourth-order valence-corrected chi connectivity index (χ4v) is 2.04. The molecule has 0 aliphatic carbocycles. The molecule has 5 heteroatoms. The largest absolute Gasteiger partial charge is 0.508 e. The molecule has 0 unspecified atom stereocenters. The SMILES string of the molecule is Oc1ccccc1Cc1nc(Cc2ccc(F)cc2)no1. The molecule has 0 saturated heterocycles. The zero-order valence-electron chi connectivity index (χ0n) is 11.2. The van der Waals surface area contributed by atoms with E-state index in [0.717, 1.165) is 11.1 Å². The first-order valence-corrected chi connectivity index (χ1v) is 6.53. The molecule has 0 aliphatic rings. The zero-order valence-corrected chi connectivity index (χ0v) is 11.2. The number of hydrogen-bond donors (Lipinski definition) is 1. The Morgan fingerprint density at radius 1 is 1.00 bits per heavy atom. The first kappa shape index (κ1) is 13.3. The van der Waals surface area contributed by atoms with Gasteiger partial charge in [0.15, 0.2) is 5.82 Å². The highest BCUT2D eigenvalue weighted by Gasteiger charge is 2.10. The van der Waals surface area contributed by atoms with E-state index in [1.807, 2.05) is 6.07 Å². The number of aromatic hydroxyl groups is 1. The number of phenolic OH excluding ortho intramolecular Hbond substituents is 1. The summed E-state index contributed by atoms with van der Waals surface area (Å²) in [6, 6.07) is 13.2. The van der Waals surface area contributed by atoms with Gasteiger partial charge in [0.2, 0.25) is 5.89 Å². The molecule has 4 nitrogen and oxygen atoms in total. The first-order valence-electron chi connectivity index (χ1n) is 6.53. The third-order valence-corrected chi connectivity index (χ3v) is 3.12. The molecule has 1 heterocycles. The lowest BCUT2D eigenvalue weighted by Gasteiger charge is -1.99. The van der Waals surface area contributed by atoms with Gasteiger partial charge in [-0.2, -0.15) is 4.98 Å². The molecular weight excluding hydrogens is 271 g/mol. The number of benzene rings is 2. The average molecular weight is 284 g/mol.